The van der Waals surface area contributed by atoms with E-state index < -0.39 is 0 Å². The van der Waals surface area contributed by atoms with E-state index in [4.69, 9.17) is 5.84 Å². The highest BCUT2D eigenvalue weighted by Crippen LogP contribution is 2.22. The van der Waals surface area contributed by atoms with Crippen LogP contribution in [0.15, 0.2) is 29.4 Å². The normalized spacial score (nSPS) is 10.6. The number of hydrogen-bond acceptors (Lipinski definition) is 5. The Morgan fingerprint density at radius 1 is 1.41 bits per heavy atom. The van der Waals surface area contributed by atoms with Crippen LogP contribution in [-0.4, -0.2) is 20.8 Å². The molecule has 118 valence electrons. The summed E-state index contributed by atoms with van der Waals surface area (Å²) in [5.41, 5.74) is 1.89. The molecule has 0 spiro atoms. The van der Waals surface area contributed by atoms with Crippen LogP contribution in [0.2, 0.25) is 0 Å². The quantitative estimate of drug-likeness (QED) is 0.605. The maximum Gasteiger partial charge on any atom is 0.221 e. The molecule has 0 atom stereocenters. The van der Waals surface area contributed by atoms with Gasteiger partial charge in [0.15, 0.2) is 5.82 Å². The maximum atomic E-state index is 11.1. The first-order valence-corrected chi connectivity index (χ1v) is 8.27. The third kappa shape index (κ3) is 4.49. The number of carbonyl (C=O) groups excluding carboxylic acids is 1. The maximum absolute atomic E-state index is 11.1. The van der Waals surface area contributed by atoms with Gasteiger partial charge < -0.3 is 11.2 Å². The highest BCUT2D eigenvalue weighted by Gasteiger charge is 2.10. The molecule has 2 rings (SSSR count). The molecule has 1 heterocycles. The van der Waals surface area contributed by atoms with Crippen LogP contribution in [0.4, 0.5) is 5.69 Å². The molecule has 7 heteroatoms. The predicted molar refractivity (Wildman–Crippen MR) is 89.1 cm³/mol. The van der Waals surface area contributed by atoms with Gasteiger partial charge in [0.2, 0.25) is 11.1 Å². The summed E-state index contributed by atoms with van der Waals surface area (Å²) in [6.45, 7) is 3.63. The van der Waals surface area contributed by atoms with Crippen molar-refractivity contribution in [1.29, 1.82) is 0 Å². The molecule has 0 aliphatic heterocycles. The van der Waals surface area contributed by atoms with Gasteiger partial charge in [0, 0.05) is 24.8 Å². The molecule has 6 nitrogen and oxygen atoms in total. The first-order chi connectivity index (χ1) is 10.6. The second-order valence-corrected chi connectivity index (χ2v) is 5.99. The number of unbranched alkanes of at least 4 members (excludes halogenated alkanes) is 1. The van der Waals surface area contributed by atoms with Crippen LogP contribution in [0.1, 0.15) is 38.1 Å². The number of benzene rings is 1. The molecule has 0 saturated heterocycles. The van der Waals surface area contributed by atoms with Crippen molar-refractivity contribution in [2.24, 2.45) is 0 Å². The van der Waals surface area contributed by atoms with E-state index in [1.165, 1.54) is 18.7 Å². The number of amides is 1. The van der Waals surface area contributed by atoms with Gasteiger partial charge in [-0.15, -0.1) is 10.2 Å². The fourth-order valence-corrected chi connectivity index (χ4v) is 2.82. The summed E-state index contributed by atoms with van der Waals surface area (Å²) in [7, 11) is 0. The lowest BCUT2D eigenvalue weighted by molar-refractivity contribution is -0.114. The Hall–Kier alpha value is -2.02. The Morgan fingerprint density at radius 2 is 2.23 bits per heavy atom. The average Bonchev–Trinajstić information content (AvgIpc) is 2.83. The fraction of sp³-hybridized carbons (Fsp3) is 0.400. The zero-order valence-electron chi connectivity index (χ0n) is 12.9. The molecule has 0 bridgehead atoms. The van der Waals surface area contributed by atoms with E-state index in [1.54, 1.807) is 4.68 Å². The van der Waals surface area contributed by atoms with Crippen LogP contribution >= 0.6 is 11.8 Å². The third-order valence-corrected chi connectivity index (χ3v) is 4.12. The predicted octanol–water partition coefficient (Wildman–Crippen LogP) is 2.59. The highest BCUT2D eigenvalue weighted by atomic mass is 32.2. The molecule has 2 aromatic rings. The molecule has 0 fully saturated rings. The number of nitrogens with one attached hydrogen (secondary N) is 1. The Morgan fingerprint density at radius 3 is 2.95 bits per heavy atom. The van der Waals surface area contributed by atoms with Crippen LogP contribution in [0.25, 0.3) is 0 Å². The summed E-state index contributed by atoms with van der Waals surface area (Å²) in [4.78, 5) is 11.1. The first-order valence-electron chi connectivity index (χ1n) is 7.29. The van der Waals surface area contributed by atoms with Crippen molar-refractivity contribution < 1.29 is 4.79 Å². The van der Waals surface area contributed by atoms with Gasteiger partial charge in [-0.3, -0.25) is 4.79 Å². The number of nitrogens with zero attached hydrogens (tertiary/aromatic N) is 3. The molecule has 0 unspecified atom stereocenters. The second-order valence-electron chi connectivity index (χ2n) is 5.04. The monoisotopic (exact) mass is 319 g/mol. The Balaban J connectivity index is 1.98. The minimum atomic E-state index is -0.0768. The summed E-state index contributed by atoms with van der Waals surface area (Å²) in [6.07, 6.45) is 3.00. The molecule has 22 heavy (non-hydrogen) atoms. The van der Waals surface area contributed by atoms with E-state index in [2.05, 4.69) is 22.4 Å². The van der Waals surface area contributed by atoms with Gasteiger partial charge in [-0.05, 0) is 24.1 Å². The van der Waals surface area contributed by atoms with Crippen molar-refractivity contribution in [3.8, 4) is 0 Å². The Kier molecular flexibility index (Phi) is 5.83. The molecule has 0 saturated carbocycles. The number of nitrogen functional groups attached to an aromatic ring is 1. The highest BCUT2D eigenvalue weighted by molar-refractivity contribution is 7.98. The SMILES string of the molecule is CCCCc1nnc(SCc2cccc(NC(C)=O)c2)n1N. The van der Waals surface area contributed by atoms with E-state index in [0.717, 1.165) is 42.1 Å². The molecular weight excluding hydrogens is 298 g/mol. The van der Waals surface area contributed by atoms with Crippen molar-refractivity contribution >= 4 is 23.4 Å². The zero-order chi connectivity index (χ0) is 15.9. The van der Waals surface area contributed by atoms with Gasteiger partial charge in [0.1, 0.15) is 0 Å². The van der Waals surface area contributed by atoms with Crippen LogP contribution in [-0.2, 0) is 17.0 Å². The summed E-state index contributed by atoms with van der Waals surface area (Å²) in [5, 5.41) is 11.7. The smallest absolute Gasteiger partial charge is 0.221 e. The van der Waals surface area contributed by atoms with Gasteiger partial charge in [-0.1, -0.05) is 37.2 Å². The van der Waals surface area contributed by atoms with Gasteiger partial charge in [-0.25, -0.2) is 4.68 Å². The van der Waals surface area contributed by atoms with Crippen molar-refractivity contribution in [3.63, 3.8) is 0 Å². The minimum Gasteiger partial charge on any atom is -0.336 e. The van der Waals surface area contributed by atoms with Gasteiger partial charge >= 0.3 is 0 Å². The topological polar surface area (TPSA) is 85.8 Å². The van der Waals surface area contributed by atoms with Crippen molar-refractivity contribution in [2.45, 2.75) is 44.0 Å². The summed E-state index contributed by atoms with van der Waals surface area (Å²) in [6, 6.07) is 7.74. The summed E-state index contributed by atoms with van der Waals surface area (Å²) in [5.74, 6) is 7.48. The molecule has 3 N–H and O–H groups in total. The first kappa shape index (κ1) is 16.4. The lowest BCUT2D eigenvalue weighted by Gasteiger charge is -2.06. The standard InChI is InChI=1S/C15H21N5OS/c1-3-4-8-14-18-19-15(20(14)16)22-10-12-6-5-7-13(9-12)17-11(2)21/h5-7,9H,3-4,8,10,16H2,1-2H3,(H,17,21). The van der Waals surface area contributed by atoms with E-state index in [0.29, 0.717) is 5.16 Å². The van der Waals surface area contributed by atoms with Crippen LogP contribution < -0.4 is 11.2 Å². The number of rotatable bonds is 7. The Labute approximate surface area is 134 Å². The number of anilines is 1. The number of hydrogen-bond donors (Lipinski definition) is 2. The molecule has 1 aromatic carbocycles. The molecule has 0 aliphatic carbocycles. The number of aryl methyl sites for hydroxylation is 1. The lowest BCUT2D eigenvalue weighted by atomic mass is 10.2. The lowest BCUT2D eigenvalue weighted by Crippen LogP contribution is -2.14. The zero-order valence-corrected chi connectivity index (χ0v) is 13.7. The summed E-state index contributed by atoms with van der Waals surface area (Å²) >= 11 is 1.53. The Bertz CT molecular complexity index is 641. The van der Waals surface area contributed by atoms with E-state index in [9.17, 15) is 4.79 Å². The van der Waals surface area contributed by atoms with Gasteiger partial charge in [0.05, 0.1) is 0 Å². The van der Waals surface area contributed by atoms with Crippen molar-refractivity contribution in [2.75, 3.05) is 11.2 Å². The van der Waals surface area contributed by atoms with Crippen LogP contribution in [0, 0.1) is 0 Å². The van der Waals surface area contributed by atoms with Gasteiger partial charge in [0.25, 0.3) is 0 Å². The number of nitrogens with two attached hydrogens (primary N) is 1. The van der Waals surface area contributed by atoms with E-state index in [-0.39, 0.29) is 5.91 Å². The average molecular weight is 319 g/mol. The van der Waals surface area contributed by atoms with Crippen LogP contribution in [0.5, 0.6) is 0 Å². The number of carbonyl (C=O) groups is 1. The van der Waals surface area contributed by atoms with Crippen molar-refractivity contribution in [1.82, 2.24) is 14.9 Å². The van der Waals surface area contributed by atoms with Crippen LogP contribution in [0.3, 0.4) is 0 Å². The fourth-order valence-electron chi connectivity index (χ4n) is 2.00. The molecule has 0 aliphatic rings. The number of aromatic nitrogens is 3. The molecular formula is C15H21N5OS. The summed E-state index contributed by atoms with van der Waals surface area (Å²) < 4.78 is 1.57. The van der Waals surface area contributed by atoms with E-state index in [1.807, 2.05) is 24.3 Å². The molecule has 1 aromatic heterocycles. The number of thioether (sulfide) groups is 1. The van der Waals surface area contributed by atoms with Crippen molar-refractivity contribution in [3.05, 3.63) is 35.7 Å². The molecule has 0 radical (unpaired) electrons. The van der Waals surface area contributed by atoms with E-state index >= 15 is 0 Å². The second kappa shape index (κ2) is 7.84. The largest absolute Gasteiger partial charge is 0.336 e. The van der Waals surface area contributed by atoms with Gasteiger partial charge in [-0.2, -0.15) is 0 Å². The molecule has 1 amide bonds. The minimum absolute atomic E-state index is 0.0768. The third-order valence-electron chi connectivity index (χ3n) is 3.10.